The number of nitrogens with one attached hydrogen (secondary N) is 1. The fraction of sp³-hybridized carbons (Fsp3) is 0.500. The van der Waals surface area contributed by atoms with E-state index in [-0.39, 0.29) is 11.9 Å². The highest BCUT2D eigenvalue weighted by Crippen LogP contribution is 2.23. The largest absolute Gasteiger partial charge is 0.312 e. The minimum atomic E-state index is 0.232. The molecule has 1 amide bonds. The SMILES string of the molecule is C[C@H](N[C@@H](C)CCn1cncn1)c1ccc(N2CCCC2=O)cc1. The van der Waals surface area contributed by atoms with Gasteiger partial charge < -0.3 is 10.2 Å². The van der Waals surface area contributed by atoms with Gasteiger partial charge >= 0.3 is 0 Å². The highest BCUT2D eigenvalue weighted by Gasteiger charge is 2.21. The number of anilines is 1. The third-order valence-corrected chi connectivity index (χ3v) is 4.57. The van der Waals surface area contributed by atoms with Crippen molar-refractivity contribution in [2.75, 3.05) is 11.4 Å². The van der Waals surface area contributed by atoms with Gasteiger partial charge in [0.15, 0.2) is 0 Å². The Morgan fingerprint density at radius 3 is 2.67 bits per heavy atom. The summed E-state index contributed by atoms with van der Waals surface area (Å²) in [6.07, 6.45) is 5.93. The summed E-state index contributed by atoms with van der Waals surface area (Å²) in [7, 11) is 0. The Hall–Kier alpha value is -2.21. The normalized spacial score (nSPS) is 17.2. The number of hydrogen-bond acceptors (Lipinski definition) is 4. The first kappa shape index (κ1) is 16.6. The number of benzene rings is 1. The number of hydrogen-bond donors (Lipinski definition) is 1. The summed E-state index contributed by atoms with van der Waals surface area (Å²) in [5.41, 5.74) is 2.24. The van der Waals surface area contributed by atoms with E-state index in [0.717, 1.165) is 31.6 Å². The van der Waals surface area contributed by atoms with Gasteiger partial charge in [-0.3, -0.25) is 9.48 Å². The van der Waals surface area contributed by atoms with Gasteiger partial charge in [0.1, 0.15) is 12.7 Å². The van der Waals surface area contributed by atoms with Crippen molar-refractivity contribution < 1.29 is 4.79 Å². The van der Waals surface area contributed by atoms with E-state index in [1.807, 2.05) is 9.58 Å². The fourth-order valence-electron chi connectivity index (χ4n) is 3.14. The Morgan fingerprint density at radius 1 is 1.25 bits per heavy atom. The zero-order chi connectivity index (χ0) is 16.9. The van der Waals surface area contributed by atoms with Gasteiger partial charge in [0.2, 0.25) is 5.91 Å². The number of aromatic nitrogens is 3. The van der Waals surface area contributed by atoms with E-state index in [2.05, 4.69) is 53.5 Å². The molecular weight excluding hydrogens is 302 g/mol. The van der Waals surface area contributed by atoms with E-state index in [1.165, 1.54) is 5.56 Å². The molecule has 1 fully saturated rings. The number of aryl methyl sites for hydroxylation is 1. The van der Waals surface area contributed by atoms with Crippen molar-refractivity contribution in [3.05, 3.63) is 42.5 Å². The lowest BCUT2D eigenvalue weighted by Gasteiger charge is -2.21. The molecule has 0 spiro atoms. The van der Waals surface area contributed by atoms with Crippen LogP contribution in [0.4, 0.5) is 5.69 Å². The molecule has 1 saturated heterocycles. The summed E-state index contributed by atoms with van der Waals surface area (Å²) in [6.45, 7) is 6.05. The standard InChI is InChI=1S/C18H25N5O/c1-14(9-11-22-13-19-12-20-22)21-15(2)16-5-7-17(8-6-16)23-10-3-4-18(23)24/h5-8,12-15,21H,3-4,9-11H2,1-2H3/t14-,15-/m0/s1. The van der Waals surface area contributed by atoms with Crippen LogP contribution in [0.5, 0.6) is 0 Å². The molecule has 0 bridgehead atoms. The first-order valence-corrected chi connectivity index (χ1v) is 8.62. The van der Waals surface area contributed by atoms with Crippen LogP contribution in [0.3, 0.4) is 0 Å². The lowest BCUT2D eigenvalue weighted by Crippen LogP contribution is -2.30. The van der Waals surface area contributed by atoms with Crippen LogP contribution >= 0.6 is 0 Å². The van der Waals surface area contributed by atoms with Crippen LogP contribution in [0.25, 0.3) is 0 Å². The van der Waals surface area contributed by atoms with Crippen LogP contribution in [-0.4, -0.2) is 33.3 Å². The van der Waals surface area contributed by atoms with Crippen molar-refractivity contribution in [2.24, 2.45) is 0 Å². The lowest BCUT2D eigenvalue weighted by molar-refractivity contribution is -0.117. The number of carbonyl (C=O) groups is 1. The first-order valence-electron chi connectivity index (χ1n) is 8.62. The molecule has 3 rings (SSSR count). The maximum absolute atomic E-state index is 11.8. The van der Waals surface area contributed by atoms with Crippen LogP contribution in [-0.2, 0) is 11.3 Å². The molecule has 128 valence electrons. The molecule has 1 aromatic carbocycles. The molecule has 2 heterocycles. The van der Waals surface area contributed by atoms with E-state index in [9.17, 15) is 4.79 Å². The second-order valence-electron chi connectivity index (χ2n) is 6.48. The van der Waals surface area contributed by atoms with Crippen LogP contribution < -0.4 is 10.2 Å². The minimum absolute atomic E-state index is 0.232. The average Bonchev–Trinajstić information content (AvgIpc) is 3.24. The Morgan fingerprint density at radius 2 is 2.04 bits per heavy atom. The van der Waals surface area contributed by atoms with E-state index in [0.29, 0.717) is 12.5 Å². The van der Waals surface area contributed by atoms with E-state index < -0.39 is 0 Å². The number of carbonyl (C=O) groups excluding carboxylic acids is 1. The monoisotopic (exact) mass is 327 g/mol. The van der Waals surface area contributed by atoms with Crippen molar-refractivity contribution in [1.29, 1.82) is 0 Å². The molecule has 6 nitrogen and oxygen atoms in total. The number of amides is 1. The highest BCUT2D eigenvalue weighted by molar-refractivity contribution is 5.95. The van der Waals surface area contributed by atoms with Crippen LogP contribution in [0.1, 0.15) is 44.7 Å². The van der Waals surface area contributed by atoms with Gasteiger partial charge in [-0.1, -0.05) is 12.1 Å². The minimum Gasteiger partial charge on any atom is -0.312 e. The van der Waals surface area contributed by atoms with Gasteiger partial charge in [0.05, 0.1) is 0 Å². The summed E-state index contributed by atoms with van der Waals surface area (Å²) in [4.78, 5) is 17.6. The maximum atomic E-state index is 11.8. The Kier molecular flexibility index (Phi) is 5.25. The van der Waals surface area contributed by atoms with Gasteiger partial charge in [0.25, 0.3) is 0 Å². The van der Waals surface area contributed by atoms with Crippen LogP contribution in [0.2, 0.25) is 0 Å². The fourth-order valence-corrected chi connectivity index (χ4v) is 3.14. The Labute approximate surface area is 142 Å². The average molecular weight is 327 g/mol. The summed E-state index contributed by atoms with van der Waals surface area (Å²) in [5.74, 6) is 0.232. The van der Waals surface area contributed by atoms with E-state index in [1.54, 1.807) is 12.7 Å². The van der Waals surface area contributed by atoms with E-state index >= 15 is 0 Å². The molecule has 0 aliphatic carbocycles. The molecule has 2 atom stereocenters. The first-order chi connectivity index (χ1) is 11.6. The summed E-state index contributed by atoms with van der Waals surface area (Å²) in [5, 5.41) is 7.74. The molecule has 2 aromatic rings. The molecule has 0 radical (unpaired) electrons. The second kappa shape index (κ2) is 7.57. The third kappa shape index (κ3) is 4.00. The van der Waals surface area contributed by atoms with Crippen molar-refractivity contribution >= 4 is 11.6 Å². The second-order valence-corrected chi connectivity index (χ2v) is 6.48. The molecule has 24 heavy (non-hydrogen) atoms. The van der Waals surface area contributed by atoms with Crippen LogP contribution in [0.15, 0.2) is 36.9 Å². The molecule has 0 unspecified atom stereocenters. The molecular formula is C18H25N5O. The quantitative estimate of drug-likeness (QED) is 0.849. The van der Waals surface area contributed by atoms with Gasteiger partial charge in [0, 0.05) is 37.3 Å². The maximum Gasteiger partial charge on any atom is 0.227 e. The van der Waals surface area contributed by atoms with Gasteiger partial charge in [-0.15, -0.1) is 0 Å². The van der Waals surface area contributed by atoms with Crippen molar-refractivity contribution in [3.8, 4) is 0 Å². The predicted octanol–water partition coefficient (Wildman–Crippen LogP) is 2.53. The molecule has 1 aliphatic rings. The van der Waals surface area contributed by atoms with E-state index in [4.69, 9.17) is 0 Å². The van der Waals surface area contributed by atoms with Gasteiger partial charge in [-0.2, -0.15) is 5.10 Å². The summed E-state index contributed by atoms with van der Waals surface area (Å²) < 4.78 is 1.85. The molecule has 1 N–H and O–H groups in total. The predicted molar refractivity (Wildman–Crippen MR) is 93.7 cm³/mol. The summed E-state index contributed by atoms with van der Waals surface area (Å²) >= 11 is 0. The zero-order valence-corrected chi connectivity index (χ0v) is 14.4. The third-order valence-electron chi connectivity index (χ3n) is 4.57. The molecule has 1 aliphatic heterocycles. The van der Waals surface area contributed by atoms with Gasteiger partial charge in [-0.25, -0.2) is 4.98 Å². The lowest BCUT2D eigenvalue weighted by atomic mass is 10.1. The van der Waals surface area contributed by atoms with Crippen LogP contribution in [0, 0.1) is 0 Å². The topological polar surface area (TPSA) is 63.1 Å². The molecule has 0 saturated carbocycles. The Balaban J connectivity index is 1.52. The van der Waals surface area contributed by atoms with Crippen molar-refractivity contribution in [2.45, 2.75) is 51.7 Å². The smallest absolute Gasteiger partial charge is 0.227 e. The molecule has 6 heteroatoms. The van der Waals surface area contributed by atoms with Gasteiger partial charge in [-0.05, 0) is 44.4 Å². The molecule has 1 aromatic heterocycles. The number of nitrogens with zero attached hydrogens (tertiary/aromatic N) is 4. The Bertz CT molecular complexity index is 653. The summed E-state index contributed by atoms with van der Waals surface area (Å²) in [6, 6.07) is 8.97. The van der Waals surface area contributed by atoms with Crippen molar-refractivity contribution in [3.63, 3.8) is 0 Å². The zero-order valence-electron chi connectivity index (χ0n) is 14.4. The highest BCUT2D eigenvalue weighted by atomic mass is 16.2. The number of rotatable bonds is 7. The van der Waals surface area contributed by atoms with Crippen molar-refractivity contribution in [1.82, 2.24) is 20.1 Å².